The van der Waals surface area contributed by atoms with Gasteiger partial charge in [-0.2, -0.15) is 0 Å². The van der Waals surface area contributed by atoms with Gasteiger partial charge in [0, 0.05) is 32.1 Å². The third kappa shape index (κ3) is 4.19. The first-order valence-electron chi connectivity index (χ1n) is 7.59. The Balaban J connectivity index is 1.81. The van der Waals surface area contributed by atoms with E-state index >= 15 is 0 Å². The molecule has 0 aromatic rings. The second kappa shape index (κ2) is 6.43. The quantitative estimate of drug-likeness (QED) is 0.831. The minimum atomic E-state index is -2.96. The van der Waals surface area contributed by atoms with Crippen LogP contribution in [0.1, 0.15) is 33.1 Å². The van der Waals surface area contributed by atoms with Crippen molar-refractivity contribution < 1.29 is 13.2 Å². The van der Waals surface area contributed by atoms with Crippen LogP contribution in [0.3, 0.4) is 0 Å². The topological polar surface area (TPSA) is 66.5 Å². The molecule has 2 heterocycles. The predicted octanol–water partition coefficient (Wildman–Crippen LogP) is 0.658. The monoisotopic (exact) mass is 302 g/mol. The fraction of sp³-hybridized carbons (Fsp3) is 0.929. The third-order valence-corrected chi connectivity index (χ3v) is 6.29. The van der Waals surface area contributed by atoms with E-state index in [1.807, 2.05) is 4.90 Å². The molecule has 1 N–H and O–H groups in total. The number of hydrogen-bond donors (Lipinski definition) is 1. The lowest BCUT2D eigenvalue weighted by Gasteiger charge is -2.35. The van der Waals surface area contributed by atoms with Gasteiger partial charge in [-0.15, -0.1) is 0 Å². The van der Waals surface area contributed by atoms with E-state index in [1.54, 1.807) is 0 Å². The number of rotatable bonds is 3. The van der Waals surface area contributed by atoms with Crippen LogP contribution in [0.5, 0.6) is 0 Å². The summed E-state index contributed by atoms with van der Waals surface area (Å²) < 4.78 is 23.1. The molecular weight excluding hydrogens is 276 g/mol. The van der Waals surface area contributed by atoms with Crippen molar-refractivity contribution in [3.8, 4) is 0 Å². The molecule has 0 aromatic carbocycles. The molecule has 0 bridgehead atoms. The van der Waals surface area contributed by atoms with E-state index in [9.17, 15) is 13.2 Å². The lowest BCUT2D eigenvalue weighted by Crippen LogP contribution is -2.49. The molecule has 0 spiro atoms. The van der Waals surface area contributed by atoms with Crippen LogP contribution in [0, 0.1) is 11.8 Å². The molecule has 2 saturated heterocycles. The molecule has 0 aliphatic carbocycles. The lowest BCUT2D eigenvalue weighted by atomic mass is 9.86. The van der Waals surface area contributed by atoms with Crippen LogP contribution in [-0.2, 0) is 14.6 Å². The van der Waals surface area contributed by atoms with Crippen LogP contribution in [-0.4, -0.2) is 56.4 Å². The summed E-state index contributed by atoms with van der Waals surface area (Å²) in [5.74, 6) is 1.78. The number of nitrogens with zero attached hydrogens (tertiary/aromatic N) is 1. The van der Waals surface area contributed by atoms with Crippen LogP contribution < -0.4 is 5.32 Å². The minimum absolute atomic E-state index is 0.0984. The van der Waals surface area contributed by atoms with Gasteiger partial charge in [0.05, 0.1) is 11.5 Å². The summed E-state index contributed by atoms with van der Waals surface area (Å²) in [7, 11) is -2.96. The molecule has 6 heteroatoms. The van der Waals surface area contributed by atoms with Crippen LogP contribution in [0.15, 0.2) is 0 Å². The Labute approximate surface area is 122 Å². The van der Waals surface area contributed by atoms with Crippen LogP contribution >= 0.6 is 0 Å². The smallest absolute Gasteiger partial charge is 0.224 e. The number of sulfone groups is 1. The minimum Gasteiger partial charge on any atom is -0.343 e. The molecule has 5 nitrogen and oxygen atoms in total. The number of hydrogen-bond acceptors (Lipinski definition) is 4. The van der Waals surface area contributed by atoms with Gasteiger partial charge < -0.3 is 10.2 Å². The zero-order chi connectivity index (χ0) is 14.8. The highest BCUT2D eigenvalue weighted by atomic mass is 32.2. The van der Waals surface area contributed by atoms with Crippen molar-refractivity contribution in [2.45, 2.75) is 39.2 Å². The fourth-order valence-electron chi connectivity index (χ4n) is 3.15. The van der Waals surface area contributed by atoms with E-state index in [0.29, 0.717) is 24.8 Å². The Hall–Kier alpha value is -0.620. The fourth-order valence-corrected chi connectivity index (χ4v) is 4.60. The number of piperidine rings is 1. The molecular formula is C14H26N2O3S. The van der Waals surface area contributed by atoms with Crippen molar-refractivity contribution in [1.82, 2.24) is 10.2 Å². The Morgan fingerprint density at radius 3 is 2.50 bits per heavy atom. The zero-order valence-corrected chi connectivity index (χ0v) is 13.3. The van der Waals surface area contributed by atoms with Crippen LogP contribution in [0.25, 0.3) is 0 Å². The molecule has 2 aliphatic heterocycles. The lowest BCUT2D eigenvalue weighted by molar-refractivity contribution is -0.133. The molecule has 20 heavy (non-hydrogen) atoms. The SMILES string of the molecule is CC(C)C1CCN(C(=O)CC2CS(=O)(=O)CCN2)CC1. The van der Waals surface area contributed by atoms with Crippen molar-refractivity contribution in [2.75, 3.05) is 31.1 Å². The number of amides is 1. The van der Waals surface area contributed by atoms with Gasteiger partial charge >= 0.3 is 0 Å². The van der Waals surface area contributed by atoms with E-state index < -0.39 is 9.84 Å². The Morgan fingerprint density at radius 1 is 1.30 bits per heavy atom. The summed E-state index contributed by atoms with van der Waals surface area (Å²) in [6, 6.07) is -0.205. The second-order valence-corrected chi connectivity index (χ2v) is 8.66. The number of likely N-dealkylation sites (tertiary alicyclic amines) is 1. The van der Waals surface area contributed by atoms with Gasteiger partial charge in [0.1, 0.15) is 0 Å². The maximum absolute atomic E-state index is 12.2. The number of carbonyl (C=O) groups excluding carboxylic acids is 1. The van der Waals surface area contributed by atoms with Crippen molar-refractivity contribution >= 4 is 15.7 Å². The average Bonchev–Trinajstić information content (AvgIpc) is 2.37. The first kappa shape index (κ1) is 15.8. The summed E-state index contributed by atoms with van der Waals surface area (Å²) in [5, 5.41) is 3.15. The van der Waals surface area contributed by atoms with E-state index in [4.69, 9.17) is 0 Å². The first-order valence-corrected chi connectivity index (χ1v) is 9.41. The van der Waals surface area contributed by atoms with E-state index in [2.05, 4.69) is 19.2 Å². The third-order valence-electron chi connectivity index (χ3n) is 4.56. The molecule has 1 atom stereocenters. The van der Waals surface area contributed by atoms with Crippen molar-refractivity contribution in [3.63, 3.8) is 0 Å². The molecule has 2 aliphatic rings. The molecule has 116 valence electrons. The summed E-state index contributed by atoms with van der Waals surface area (Å²) in [6.45, 7) is 6.58. The maximum atomic E-state index is 12.2. The van der Waals surface area contributed by atoms with Crippen molar-refractivity contribution in [2.24, 2.45) is 11.8 Å². The maximum Gasteiger partial charge on any atom is 0.224 e. The van der Waals surface area contributed by atoms with Gasteiger partial charge in [-0.05, 0) is 24.7 Å². The molecule has 0 radical (unpaired) electrons. The van der Waals surface area contributed by atoms with Gasteiger partial charge in [0.25, 0.3) is 0 Å². The Bertz CT molecular complexity index is 439. The highest BCUT2D eigenvalue weighted by Crippen LogP contribution is 2.24. The highest BCUT2D eigenvalue weighted by molar-refractivity contribution is 7.91. The van der Waals surface area contributed by atoms with Crippen LogP contribution in [0.4, 0.5) is 0 Å². The van der Waals surface area contributed by atoms with Gasteiger partial charge in [0.15, 0.2) is 9.84 Å². The first-order chi connectivity index (χ1) is 9.37. The van der Waals surface area contributed by atoms with Crippen molar-refractivity contribution in [3.05, 3.63) is 0 Å². The van der Waals surface area contributed by atoms with E-state index in [1.165, 1.54) is 0 Å². The summed E-state index contributed by atoms with van der Waals surface area (Å²) in [4.78, 5) is 14.1. The molecule has 1 unspecified atom stereocenters. The highest BCUT2D eigenvalue weighted by Gasteiger charge is 2.29. The predicted molar refractivity (Wildman–Crippen MR) is 79.2 cm³/mol. The summed E-state index contributed by atoms with van der Waals surface area (Å²) in [5.41, 5.74) is 0. The summed E-state index contributed by atoms with van der Waals surface area (Å²) >= 11 is 0. The van der Waals surface area contributed by atoms with Crippen LogP contribution in [0.2, 0.25) is 0 Å². The Kier molecular flexibility index (Phi) is 5.07. The van der Waals surface area contributed by atoms with E-state index in [-0.39, 0.29) is 23.5 Å². The zero-order valence-electron chi connectivity index (χ0n) is 12.5. The molecule has 1 amide bonds. The van der Waals surface area contributed by atoms with Gasteiger partial charge in [-0.3, -0.25) is 4.79 Å². The van der Waals surface area contributed by atoms with E-state index in [0.717, 1.165) is 25.9 Å². The van der Waals surface area contributed by atoms with Gasteiger partial charge in [-0.1, -0.05) is 13.8 Å². The molecule has 0 aromatic heterocycles. The van der Waals surface area contributed by atoms with Gasteiger partial charge in [0.2, 0.25) is 5.91 Å². The Morgan fingerprint density at radius 2 is 1.95 bits per heavy atom. The van der Waals surface area contributed by atoms with Crippen molar-refractivity contribution in [1.29, 1.82) is 0 Å². The molecule has 2 rings (SSSR count). The number of nitrogens with one attached hydrogen (secondary N) is 1. The molecule has 2 fully saturated rings. The standard InChI is InChI=1S/C14H26N2O3S/c1-11(2)12-3-6-16(7-4-12)14(17)9-13-10-20(18,19)8-5-15-13/h11-13,15H,3-10H2,1-2H3. The average molecular weight is 302 g/mol. The second-order valence-electron chi connectivity index (χ2n) is 6.43. The summed E-state index contributed by atoms with van der Waals surface area (Å²) in [6.07, 6.45) is 2.45. The van der Waals surface area contributed by atoms with Gasteiger partial charge in [-0.25, -0.2) is 8.42 Å². The largest absolute Gasteiger partial charge is 0.343 e. The number of carbonyl (C=O) groups is 1. The molecule has 0 saturated carbocycles. The normalized spacial score (nSPS) is 27.8.